The van der Waals surface area contributed by atoms with Crippen molar-refractivity contribution in [1.82, 2.24) is 10.2 Å². The predicted molar refractivity (Wildman–Crippen MR) is 122 cm³/mol. The fourth-order valence-electron chi connectivity index (χ4n) is 4.02. The topological polar surface area (TPSA) is 99.1 Å². The smallest absolute Gasteiger partial charge is 0.220 e. The van der Waals surface area contributed by atoms with Crippen LogP contribution in [-0.2, 0) is 4.79 Å². The number of phenols is 1. The van der Waals surface area contributed by atoms with E-state index in [1.165, 1.54) is 12.1 Å². The number of nitrogens with one attached hydrogen (secondary N) is 1. The number of carbonyl (C=O) groups is 2. The van der Waals surface area contributed by atoms with Crippen LogP contribution in [-0.4, -0.2) is 59.6 Å². The molecule has 1 saturated heterocycles. The first kappa shape index (κ1) is 24.7. The Balaban J connectivity index is 1.56. The van der Waals surface area contributed by atoms with Crippen molar-refractivity contribution in [2.24, 2.45) is 0 Å². The third-order valence-corrected chi connectivity index (χ3v) is 5.91. The Labute approximate surface area is 193 Å². The van der Waals surface area contributed by atoms with Crippen molar-refractivity contribution in [3.8, 4) is 11.5 Å². The number of aliphatic hydroxyl groups is 1. The summed E-state index contributed by atoms with van der Waals surface area (Å²) in [6, 6.07) is 9.90. The first-order valence-corrected chi connectivity index (χ1v) is 11.2. The van der Waals surface area contributed by atoms with E-state index in [2.05, 4.69) is 10.2 Å². The monoisotopic (exact) mass is 458 g/mol. The molecule has 0 bridgehead atoms. The molecule has 1 aliphatic heterocycles. The Hall–Kier alpha value is -2.97. The highest BCUT2D eigenvalue weighted by Gasteiger charge is 2.27. The number of ether oxygens (including phenoxy) is 1. The molecular weight excluding hydrogens is 427 g/mol. The molecule has 0 aromatic heterocycles. The first-order valence-electron chi connectivity index (χ1n) is 11.2. The summed E-state index contributed by atoms with van der Waals surface area (Å²) in [5.74, 6) is -0.983. The van der Waals surface area contributed by atoms with Gasteiger partial charge < -0.3 is 25.2 Å². The van der Waals surface area contributed by atoms with Crippen LogP contribution < -0.4 is 10.1 Å². The molecule has 1 aliphatic rings. The number of carbonyl (C=O) groups excluding carboxylic acids is 2. The van der Waals surface area contributed by atoms with Crippen LogP contribution >= 0.6 is 0 Å². The Kier molecular flexibility index (Phi) is 8.79. The molecule has 2 aromatic carbocycles. The van der Waals surface area contributed by atoms with Crippen molar-refractivity contribution in [3.05, 3.63) is 59.4 Å². The van der Waals surface area contributed by atoms with E-state index in [0.29, 0.717) is 24.3 Å². The predicted octanol–water partition coefficient (Wildman–Crippen LogP) is 3.21. The molecule has 8 heteroatoms. The maximum Gasteiger partial charge on any atom is 0.220 e. The van der Waals surface area contributed by atoms with Gasteiger partial charge >= 0.3 is 0 Å². The quantitative estimate of drug-likeness (QED) is 0.447. The number of Topliss-reactive ketones (excluding diaryl/α,β-unsaturated/α-hetero) is 1. The molecule has 0 saturated carbocycles. The minimum atomic E-state index is -1.13. The normalized spacial score (nSPS) is 15.7. The van der Waals surface area contributed by atoms with Crippen molar-refractivity contribution in [2.75, 3.05) is 26.7 Å². The fourth-order valence-corrected chi connectivity index (χ4v) is 4.02. The summed E-state index contributed by atoms with van der Waals surface area (Å²) in [7, 11) is 1.56. The van der Waals surface area contributed by atoms with E-state index in [1.807, 2.05) is 0 Å². The van der Waals surface area contributed by atoms with Gasteiger partial charge in [0.25, 0.3) is 0 Å². The van der Waals surface area contributed by atoms with Crippen LogP contribution in [0.5, 0.6) is 11.5 Å². The number of ketones is 1. The zero-order valence-electron chi connectivity index (χ0n) is 18.8. The molecule has 1 amide bonds. The van der Waals surface area contributed by atoms with Gasteiger partial charge in [-0.1, -0.05) is 6.07 Å². The maximum absolute atomic E-state index is 13.8. The highest BCUT2D eigenvalue weighted by Crippen LogP contribution is 2.24. The molecular formula is C25H31FN2O5. The van der Waals surface area contributed by atoms with E-state index in [0.717, 1.165) is 32.0 Å². The highest BCUT2D eigenvalue weighted by atomic mass is 19.1. The number of benzene rings is 2. The van der Waals surface area contributed by atoms with E-state index >= 15 is 0 Å². The Morgan fingerprint density at radius 3 is 2.45 bits per heavy atom. The highest BCUT2D eigenvalue weighted by molar-refractivity contribution is 5.96. The second-order valence-corrected chi connectivity index (χ2v) is 8.34. The molecule has 0 aliphatic carbocycles. The maximum atomic E-state index is 13.8. The van der Waals surface area contributed by atoms with E-state index in [9.17, 15) is 24.2 Å². The molecule has 3 N–H and O–H groups in total. The van der Waals surface area contributed by atoms with Gasteiger partial charge in [0.2, 0.25) is 5.91 Å². The van der Waals surface area contributed by atoms with Crippen molar-refractivity contribution in [1.29, 1.82) is 0 Å². The van der Waals surface area contributed by atoms with Gasteiger partial charge in [0.15, 0.2) is 17.3 Å². The molecule has 1 unspecified atom stereocenters. The van der Waals surface area contributed by atoms with Gasteiger partial charge in [-0.2, -0.15) is 0 Å². The molecule has 7 nitrogen and oxygen atoms in total. The van der Waals surface area contributed by atoms with Gasteiger partial charge in [-0.15, -0.1) is 0 Å². The summed E-state index contributed by atoms with van der Waals surface area (Å²) >= 11 is 0. The van der Waals surface area contributed by atoms with Gasteiger partial charge in [0.05, 0.1) is 13.2 Å². The number of hydrogen-bond donors (Lipinski definition) is 3. The van der Waals surface area contributed by atoms with Gasteiger partial charge in [-0.3, -0.25) is 9.59 Å². The van der Waals surface area contributed by atoms with E-state index < -0.39 is 23.7 Å². The average molecular weight is 459 g/mol. The summed E-state index contributed by atoms with van der Waals surface area (Å²) in [6.07, 6.45) is 1.70. The zero-order chi connectivity index (χ0) is 23.8. The number of aromatic hydroxyl groups is 1. The van der Waals surface area contributed by atoms with Crippen LogP contribution in [0.1, 0.15) is 54.1 Å². The third kappa shape index (κ3) is 7.00. The van der Waals surface area contributed by atoms with Crippen molar-refractivity contribution >= 4 is 11.7 Å². The number of halogens is 1. The molecule has 1 fully saturated rings. The molecule has 0 spiro atoms. The Morgan fingerprint density at radius 2 is 1.82 bits per heavy atom. The fraction of sp³-hybridized carbons (Fsp3) is 0.440. The molecule has 33 heavy (non-hydrogen) atoms. The average Bonchev–Trinajstić information content (AvgIpc) is 3.33. The third-order valence-electron chi connectivity index (χ3n) is 5.91. The lowest BCUT2D eigenvalue weighted by Gasteiger charge is -2.29. The van der Waals surface area contributed by atoms with E-state index in [-0.39, 0.29) is 30.1 Å². The van der Waals surface area contributed by atoms with Crippen LogP contribution in [0, 0.1) is 5.82 Å². The molecule has 1 heterocycles. The Morgan fingerprint density at radius 1 is 1.12 bits per heavy atom. The van der Waals surface area contributed by atoms with E-state index in [1.54, 1.807) is 31.4 Å². The summed E-state index contributed by atoms with van der Waals surface area (Å²) < 4.78 is 18.9. The van der Waals surface area contributed by atoms with Crippen LogP contribution in [0.3, 0.4) is 0 Å². The minimum absolute atomic E-state index is 0.0568. The van der Waals surface area contributed by atoms with Gasteiger partial charge in [-0.25, -0.2) is 4.39 Å². The first-order chi connectivity index (χ1) is 15.9. The van der Waals surface area contributed by atoms with Crippen molar-refractivity contribution in [2.45, 2.75) is 44.2 Å². The number of aliphatic hydroxyl groups excluding tert-OH is 1. The molecule has 0 radical (unpaired) electrons. The number of amides is 1. The Bertz CT molecular complexity index is 944. The van der Waals surface area contributed by atoms with Crippen LogP contribution in [0.25, 0.3) is 0 Å². The largest absolute Gasteiger partial charge is 0.505 e. The van der Waals surface area contributed by atoms with E-state index in [4.69, 9.17) is 4.74 Å². The lowest BCUT2D eigenvalue weighted by molar-refractivity contribution is -0.123. The van der Waals surface area contributed by atoms with Gasteiger partial charge in [0, 0.05) is 24.9 Å². The van der Waals surface area contributed by atoms with Gasteiger partial charge in [-0.05, 0) is 74.3 Å². The minimum Gasteiger partial charge on any atom is -0.505 e. The number of nitrogens with zero attached hydrogens (tertiary/aromatic N) is 1. The molecule has 3 rings (SSSR count). The molecule has 2 atom stereocenters. The molecule has 178 valence electrons. The molecule has 2 aromatic rings. The second kappa shape index (κ2) is 11.8. The number of likely N-dealkylation sites (tertiary alicyclic amines) is 1. The summed E-state index contributed by atoms with van der Waals surface area (Å²) in [5, 5.41) is 23.1. The number of hydrogen-bond acceptors (Lipinski definition) is 6. The SMILES string of the molecule is COc1ccc(C(=O)CCCC(=O)NC(CN2CCCC2)[C@H](O)c2ccc(O)c(F)c2)cc1. The van der Waals surface area contributed by atoms with Crippen LogP contribution in [0.15, 0.2) is 42.5 Å². The summed E-state index contributed by atoms with van der Waals surface area (Å²) in [4.78, 5) is 27.1. The van der Waals surface area contributed by atoms with Crippen LogP contribution in [0.2, 0.25) is 0 Å². The zero-order valence-corrected chi connectivity index (χ0v) is 18.8. The summed E-state index contributed by atoms with van der Waals surface area (Å²) in [6.45, 7) is 2.18. The summed E-state index contributed by atoms with van der Waals surface area (Å²) in [5.41, 5.74) is 0.845. The van der Waals surface area contributed by atoms with Crippen molar-refractivity contribution in [3.63, 3.8) is 0 Å². The number of methoxy groups -OCH3 is 1. The standard InChI is InChI=1S/C25H31FN2O5/c1-33-19-10-7-17(8-11-19)22(29)5-4-6-24(31)27-21(16-28-13-2-3-14-28)25(32)18-9-12-23(30)20(26)15-18/h7-12,15,21,25,30,32H,2-6,13-14,16H2,1H3,(H,27,31)/t21?,25-/m1/s1. The lowest BCUT2D eigenvalue weighted by Crippen LogP contribution is -2.46. The second-order valence-electron chi connectivity index (χ2n) is 8.34. The van der Waals surface area contributed by atoms with Crippen molar-refractivity contribution < 1.29 is 28.9 Å². The number of rotatable bonds is 11. The van der Waals surface area contributed by atoms with Gasteiger partial charge in [0.1, 0.15) is 11.9 Å². The lowest BCUT2D eigenvalue weighted by atomic mass is 10.0. The number of phenolic OH excluding ortho intramolecular Hbond substituents is 1. The van der Waals surface area contributed by atoms with Crippen LogP contribution in [0.4, 0.5) is 4.39 Å².